The molecule has 0 saturated carbocycles. The number of nitrogens with zero attached hydrogens (tertiary/aromatic N) is 3. The van der Waals surface area contributed by atoms with Gasteiger partial charge < -0.3 is 13.3 Å². The highest BCUT2D eigenvalue weighted by Crippen LogP contribution is 2.42. The molecule has 6 heteroatoms. The zero-order valence-corrected chi connectivity index (χ0v) is 31.3. The summed E-state index contributed by atoms with van der Waals surface area (Å²) < 4.78 is 19.4. The van der Waals surface area contributed by atoms with Crippen LogP contribution in [0.4, 0.5) is 0 Å². The van der Waals surface area contributed by atoms with Gasteiger partial charge in [-0.05, 0) is 93.3 Å². The first-order chi connectivity index (χ1) is 29.2. The smallest absolute Gasteiger partial charge is 0.164 e. The zero-order valence-electron chi connectivity index (χ0n) is 31.3. The van der Waals surface area contributed by atoms with E-state index in [1.807, 2.05) is 42.5 Å². The third kappa shape index (κ3) is 4.96. The summed E-state index contributed by atoms with van der Waals surface area (Å²) in [5, 5.41) is 10.8. The van der Waals surface area contributed by atoms with Crippen molar-refractivity contribution in [2.45, 2.75) is 0 Å². The predicted molar refractivity (Wildman–Crippen MR) is 238 cm³/mol. The van der Waals surface area contributed by atoms with Crippen LogP contribution in [0, 0.1) is 0 Å². The maximum Gasteiger partial charge on any atom is 0.164 e. The molecule has 0 aliphatic carbocycles. The van der Waals surface area contributed by atoms with Gasteiger partial charge in [0.05, 0.1) is 0 Å². The highest BCUT2D eigenvalue weighted by Gasteiger charge is 2.20. The van der Waals surface area contributed by atoms with Crippen LogP contribution in [0.1, 0.15) is 0 Å². The SMILES string of the molecule is c1ccc2cc(-c3nc(-c4ccc5c(c4)oc4ccccc45)nc(-c4cccc5oc6cc(-c7cccc8oc9cc%10ccccc%10cc9c78)ccc6c45)n3)ccc2c1. The lowest BCUT2D eigenvalue weighted by molar-refractivity contribution is 0.668. The molecule has 0 spiro atoms. The number of aromatic nitrogens is 3. The molecule has 0 atom stereocenters. The minimum absolute atomic E-state index is 0.556. The van der Waals surface area contributed by atoms with E-state index in [1.165, 1.54) is 5.39 Å². The first-order valence-electron chi connectivity index (χ1n) is 19.7. The van der Waals surface area contributed by atoms with Crippen LogP contribution in [0.25, 0.3) is 133 Å². The zero-order chi connectivity index (χ0) is 38.6. The van der Waals surface area contributed by atoms with Crippen LogP contribution in [-0.4, -0.2) is 15.0 Å². The number of para-hydroxylation sites is 1. The molecule has 9 aromatic carbocycles. The minimum atomic E-state index is 0.556. The Kier molecular flexibility index (Phi) is 6.63. The van der Waals surface area contributed by atoms with Gasteiger partial charge in [-0.25, -0.2) is 15.0 Å². The average Bonchev–Trinajstić information content (AvgIpc) is 3.98. The van der Waals surface area contributed by atoms with Gasteiger partial charge in [0.25, 0.3) is 0 Å². The molecular formula is C53H29N3O3. The molecule has 0 aliphatic rings. The second-order valence-corrected chi connectivity index (χ2v) is 15.1. The molecule has 0 radical (unpaired) electrons. The number of benzene rings is 9. The quantitative estimate of drug-likeness (QED) is 0.178. The van der Waals surface area contributed by atoms with Crippen molar-refractivity contribution in [2.75, 3.05) is 0 Å². The van der Waals surface area contributed by atoms with Crippen molar-refractivity contribution in [3.8, 4) is 45.3 Å². The van der Waals surface area contributed by atoms with Crippen LogP contribution >= 0.6 is 0 Å². The van der Waals surface area contributed by atoms with Crippen molar-refractivity contribution < 1.29 is 13.3 Å². The third-order valence-corrected chi connectivity index (χ3v) is 11.7. The van der Waals surface area contributed by atoms with E-state index >= 15 is 0 Å². The maximum atomic E-state index is 6.66. The van der Waals surface area contributed by atoms with Crippen LogP contribution < -0.4 is 0 Å². The molecule has 274 valence electrons. The molecular weight excluding hydrogens is 727 g/mol. The summed E-state index contributed by atoms with van der Waals surface area (Å²) in [6.45, 7) is 0. The van der Waals surface area contributed by atoms with Gasteiger partial charge in [-0.2, -0.15) is 0 Å². The second kappa shape index (κ2) is 12.2. The van der Waals surface area contributed by atoms with Crippen molar-refractivity contribution in [2.24, 2.45) is 0 Å². The summed E-state index contributed by atoms with van der Waals surface area (Å²) >= 11 is 0. The van der Waals surface area contributed by atoms with E-state index in [4.69, 9.17) is 28.2 Å². The summed E-state index contributed by atoms with van der Waals surface area (Å²) in [7, 11) is 0. The van der Waals surface area contributed by atoms with E-state index in [0.717, 1.165) is 110 Å². The molecule has 0 amide bonds. The Morgan fingerprint density at radius 2 is 0.780 bits per heavy atom. The van der Waals surface area contributed by atoms with Gasteiger partial charge in [-0.15, -0.1) is 0 Å². The first kappa shape index (κ1) is 32.0. The van der Waals surface area contributed by atoms with Crippen molar-refractivity contribution in [1.82, 2.24) is 15.0 Å². The summed E-state index contributed by atoms with van der Waals surface area (Å²) in [6.07, 6.45) is 0. The molecule has 6 nitrogen and oxygen atoms in total. The van der Waals surface area contributed by atoms with Crippen molar-refractivity contribution >= 4 is 87.4 Å². The van der Waals surface area contributed by atoms with E-state index in [9.17, 15) is 0 Å². The normalized spacial score (nSPS) is 12.1. The van der Waals surface area contributed by atoms with E-state index < -0.39 is 0 Å². The lowest BCUT2D eigenvalue weighted by Gasteiger charge is -2.10. The molecule has 4 aromatic heterocycles. The second-order valence-electron chi connectivity index (χ2n) is 15.1. The van der Waals surface area contributed by atoms with Gasteiger partial charge in [0.2, 0.25) is 0 Å². The Bertz CT molecular complexity index is 3870. The number of rotatable bonds is 4. The fourth-order valence-electron chi connectivity index (χ4n) is 8.88. The molecule has 0 unspecified atom stereocenters. The molecule has 0 N–H and O–H groups in total. The summed E-state index contributed by atoms with van der Waals surface area (Å²) in [6, 6.07) is 60.5. The fourth-order valence-corrected chi connectivity index (χ4v) is 8.88. The number of hydrogen-bond donors (Lipinski definition) is 0. The Balaban J connectivity index is 0.994. The average molecular weight is 756 g/mol. The maximum absolute atomic E-state index is 6.66. The van der Waals surface area contributed by atoms with Crippen LogP contribution in [0.15, 0.2) is 189 Å². The Morgan fingerprint density at radius 1 is 0.271 bits per heavy atom. The molecule has 59 heavy (non-hydrogen) atoms. The molecule has 4 heterocycles. The largest absolute Gasteiger partial charge is 0.456 e. The molecule has 0 fully saturated rings. The van der Waals surface area contributed by atoms with Gasteiger partial charge in [-0.3, -0.25) is 0 Å². The van der Waals surface area contributed by atoms with Crippen LogP contribution in [-0.2, 0) is 0 Å². The minimum Gasteiger partial charge on any atom is -0.456 e. The lowest BCUT2D eigenvalue weighted by Crippen LogP contribution is -2.00. The van der Waals surface area contributed by atoms with Crippen molar-refractivity contribution in [3.05, 3.63) is 176 Å². The van der Waals surface area contributed by atoms with Gasteiger partial charge >= 0.3 is 0 Å². The lowest BCUT2D eigenvalue weighted by atomic mass is 9.97. The van der Waals surface area contributed by atoms with E-state index in [0.29, 0.717) is 17.5 Å². The molecule has 13 aromatic rings. The number of fused-ring (bicyclic) bond motifs is 11. The van der Waals surface area contributed by atoms with Crippen LogP contribution in [0.3, 0.4) is 0 Å². The standard InChI is InChI=1S/C53H29N3O3/c1-2-10-31-25-35(20-19-30(31)9-1)51-54-52(36-22-23-39-38-13-5-6-16-43(38)57-46(39)29-36)56-53(55-51)41-15-8-18-45-50(41)40-24-21-34(28-47(40)58-45)37-14-7-17-44-49(37)42-26-32-11-3-4-12-33(32)27-48(42)59-44/h1-29H. The van der Waals surface area contributed by atoms with Gasteiger partial charge in [0, 0.05) is 49.0 Å². The summed E-state index contributed by atoms with van der Waals surface area (Å²) in [5.74, 6) is 1.70. The van der Waals surface area contributed by atoms with E-state index in [1.54, 1.807) is 0 Å². The third-order valence-electron chi connectivity index (χ3n) is 11.7. The number of furan rings is 3. The van der Waals surface area contributed by atoms with Crippen molar-refractivity contribution in [1.29, 1.82) is 0 Å². The van der Waals surface area contributed by atoms with Gasteiger partial charge in [0.1, 0.15) is 33.5 Å². The monoisotopic (exact) mass is 755 g/mol. The molecule has 0 bridgehead atoms. The Morgan fingerprint density at radius 3 is 1.59 bits per heavy atom. The Labute approximate surface area is 335 Å². The number of hydrogen-bond acceptors (Lipinski definition) is 6. The Hall–Kier alpha value is -8.09. The highest BCUT2D eigenvalue weighted by atomic mass is 16.3. The summed E-state index contributed by atoms with van der Waals surface area (Å²) in [5.41, 5.74) is 9.62. The topological polar surface area (TPSA) is 78.1 Å². The van der Waals surface area contributed by atoms with Gasteiger partial charge in [0.15, 0.2) is 17.5 Å². The van der Waals surface area contributed by atoms with Gasteiger partial charge in [-0.1, -0.05) is 115 Å². The fraction of sp³-hybridized carbons (Fsp3) is 0. The highest BCUT2D eigenvalue weighted by molar-refractivity contribution is 6.17. The first-order valence-corrected chi connectivity index (χ1v) is 19.7. The van der Waals surface area contributed by atoms with Crippen molar-refractivity contribution in [3.63, 3.8) is 0 Å². The molecule has 0 saturated heterocycles. The van der Waals surface area contributed by atoms with Crippen LogP contribution in [0.2, 0.25) is 0 Å². The van der Waals surface area contributed by atoms with E-state index in [-0.39, 0.29) is 0 Å². The van der Waals surface area contributed by atoms with Crippen LogP contribution in [0.5, 0.6) is 0 Å². The molecule has 13 rings (SSSR count). The van der Waals surface area contributed by atoms with E-state index in [2.05, 4.69) is 133 Å². The predicted octanol–water partition coefficient (Wildman–Crippen LogP) is 14.5. The summed E-state index contributed by atoms with van der Waals surface area (Å²) in [4.78, 5) is 15.5. The molecule has 0 aliphatic heterocycles.